The van der Waals surface area contributed by atoms with Crippen LogP contribution < -0.4 is 24.0 Å². The van der Waals surface area contributed by atoms with Crippen LogP contribution in [0.3, 0.4) is 0 Å². The van der Waals surface area contributed by atoms with E-state index in [0.29, 0.717) is 22.7 Å². The summed E-state index contributed by atoms with van der Waals surface area (Å²) in [4.78, 5) is 0. The summed E-state index contributed by atoms with van der Waals surface area (Å²) >= 11 is 0. The van der Waals surface area contributed by atoms with Gasteiger partial charge < -0.3 is 27.3 Å². The molecule has 1 aromatic heterocycles. The maximum absolute atomic E-state index is 7.61. The summed E-state index contributed by atoms with van der Waals surface area (Å²) in [6, 6.07) is 57.7. The third-order valence-corrected chi connectivity index (χ3v) is 15.4. The number of hydrogen-bond acceptors (Lipinski definition) is 7. The molecule has 330 valence electrons. The minimum absolute atomic E-state index is 0.186. The molecule has 13 rings (SSSR count). The van der Waals surface area contributed by atoms with Gasteiger partial charge in [-0.2, -0.15) is 0 Å². The van der Waals surface area contributed by atoms with Gasteiger partial charge in [-0.3, -0.25) is 0 Å². The van der Waals surface area contributed by atoms with E-state index in [1.54, 1.807) is 28.4 Å². The Morgan fingerprint density at radius 1 is 0.353 bits per heavy atom. The molecule has 12 aromatic carbocycles. The van der Waals surface area contributed by atoms with Crippen LogP contribution in [0, 0.1) is 0 Å². The maximum Gasteiger partial charge on any atom is 0.307 e. The van der Waals surface area contributed by atoms with E-state index in [0.717, 1.165) is 114 Å². The highest BCUT2D eigenvalue weighted by molar-refractivity contribution is 7.38. The van der Waals surface area contributed by atoms with Crippen molar-refractivity contribution in [2.75, 3.05) is 33.5 Å². The number of fused-ring (bicyclic) bond motifs is 20. The molecule has 13 aromatic rings. The van der Waals surface area contributed by atoms with E-state index in [9.17, 15) is 0 Å². The molecule has 0 amide bonds. The molecular weight excluding hydrogens is 862 g/mol. The number of methoxy groups -OCH3 is 4. The number of nitrogens with one attached hydrogen (secondary N) is 1. The van der Waals surface area contributed by atoms with Crippen LogP contribution in [0.2, 0.25) is 0 Å². The van der Waals surface area contributed by atoms with Crippen LogP contribution in [-0.4, -0.2) is 28.4 Å². The molecule has 8 heteroatoms. The summed E-state index contributed by atoms with van der Waals surface area (Å²) in [6.07, 6.45) is 0. The van der Waals surface area contributed by atoms with Crippen molar-refractivity contribution >= 4 is 127 Å². The van der Waals surface area contributed by atoms with Gasteiger partial charge in [0.1, 0.15) is 23.0 Å². The van der Waals surface area contributed by atoms with Crippen molar-refractivity contribution in [3.05, 3.63) is 169 Å². The number of hydrogen-bond donors (Lipinski definition) is 1. The Morgan fingerprint density at radius 2 is 0.735 bits per heavy atom. The second kappa shape index (κ2) is 15.6. The van der Waals surface area contributed by atoms with Gasteiger partial charge in [0.15, 0.2) is 11.2 Å². The molecule has 0 unspecified atom stereocenters. The van der Waals surface area contributed by atoms with Gasteiger partial charge >= 0.3 is 8.16 Å². The predicted octanol–water partition coefficient (Wildman–Crippen LogP) is 17.0. The van der Waals surface area contributed by atoms with Crippen LogP contribution >= 0.6 is 8.16 Å². The standard InChI is InChI=1S/C60H44NO6P/c1-33(39-20-12-16-34-13-6-9-17-40(34)39)61-68-66-59-45(29-51(64-4)47-31-49(62-2)43-27-25-37-23-21-35-14-7-10-18-41(35)53(37)55(43)57(47)59)46-30-52(65-5)48-32-50(63-3)44-28-26-38-24-22-36-15-8-11-19-42(36)54(38)56(44)58(48)60(46)67-68/h6-33,61H,1-5H3/t33-/m0/s1. The van der Waals surface area contributed by atoms with E-state index < -0.39 is 8.16 Å². The lowest BCUT2D eigenvalue weighted by molar-refractivity contribution is 0.415. The smallest absolute Gasteiger partial charge is 0.307 e. The van der Waals surface area contributed by atoms with E-state index in [2.05, 4.69) is 176 Å². The van der Waals surface area contributed by atoms with Crippen molar-refractivity contribution in [2.24, 2.45) is 0 Å². The lowest BCUT2D eigenvalue weighted by atomic mass is 9.90. The van der Waals surface area contributed by atoms with Gasteiger partial charge in [0.25, 0.3) is 0 Å². The predicted molar refractivity (Wildman–Crippen MR) is 284 cm³/mol. The normalized spacial score (nSPS) is 12.5. The quantitative estimate of drug-likeness (QED) is 0.160. The van der Waals surface area contributed by atoms with Crippen molar-refractivity contribution in [3.8, 4) is 23.0 Å². The van der Waals surface area contributed by atoms with E-state index >= 15 is 0 Å². The Labute approximate surface area is 391 Å². The Bertz CT molecular complexity index is 4090. The summed E-state index contributed by atoms with van der Waals surface area (Å²) in [6.45, 7) is 2.18. The molecule has 0 aliphatic heterocycles. The number of ether oxygens (including phenoxy) is 4. The summed E-state index contributed by atoms with van der Waals surface area (Å²) in [5.74, 6) is 2.82. The molecule has 0 bridgehead atoms. The minimum atomic E-state index is -1.95. The van der Waals surface area contributed by atoms with Gasteiger partial charge in [-0.05, 0) is 103 Å². The Kier molecular flexibility index (Phi) is 9.23. The molecule has 0 aliphatic rings. The molecule has 0 spiro atoms. The van der Waals surface area contributed by atoms with Crippen molar-refractivity contribution in [1.29, 1.82) is 0 Å². The first-order valence-corrected chi connectivity index (χ1v) is 24.0. The monoisotopic (exact) mass is 905 g/mol. The molecule has 0 saturated heterocycles. The van der Waals surface area contributed by atoms with Crippen LogP contribution in [0.15, 0.2) is 172 Å². The Morgan fingerprint density at radius 3 is 1.22 bits per heavy atom. The van der Waals surface area contributed by atoms with Crippen LogP contribution in [-0.2, 0) is 0 Å². The van der Waals surface area contributed by atoms with Gasteiger partial charge in [0.05, 0.1) is 28.4 Å². The largest absolute Gasteiger partial charge is 0.496 e. The highest BCUT2D eigenvalue weighted by Gasteiger charge is 2.25. The lowest BCUT2D eigenvalue weighted by Crippen LogP contribution is -2.04. The molecule has 1 atom stereocenters. The molecule has 1 N–H and O–H groups in total. The van der Waals surface area contributed by atoms with E-state index in [1.165, 1.54) is 10.8 Å². The summed E-state index contributed by atoms with van der Waals surface area (Å²) in [5, 5.41) is 24.3. The van der Waals surface area contributed by atoms with Crippen molar-refractivity contribution in [2.45, 2.75) is 13.0 Å². The van der Waals surface area contributed by atoms with Gasteiger partial charge in [0, 0.05) is 59.9 Å². The topological polar surface area (TPSA) is 75.2 Å². The molecule has 0 radical (unpaired) electrons. The maximum atomic E-state index is 7.61. The van der Waals surface area contributed by atoms with Crippen LogP contribution in [0.5, 0.6) is 23.0 Å². The number of benzene rings is 12. The molecule has 0 aliphatic carbocycles. The fraction of sp³-hybridized carbons (Fsp3) is 0.100. The van der Waals surface area contributed by atoms with Gasteiger partial charge in [-0.1, -0.05) is 127 Å². The van der Waals surface area contributed by atoms with Crippen LogP contribution in [0.4, 0.5) is 0 Å². The second-order valence-electron chi connectivity index (χ2n) is 17.5. The fourth-order valence-electron chi connectivity index (χ4n) is 11.0. The van der Waals surface area contributed by atoms with E-state index in [4.69, 9.17) is 27.3 Å². The van der Waals surface area contributed by atoms with Gasteiger partial charge in [0.2, 0.25) is 0 Å². The molecule has 0 saturated carbocycles. The Balaban J connectivity index is 1.30. The van der Waals surface area contributed by atoms with Crippen molar-refractivity contribution < 1.29 is 27.3 Å². The van der Waals surface area contributed by atoms with E-state index in [-0.39, 0.29) is 6.04 Å². The third-order valence-electron chi connectivity index (χ3n) is 14.1. The second-order valence-corrected chi connectivity index (χ2v) is 18.7. The zero-order chi connectivity index (χ0) is 45.8. The molecule has 68 heavy (non-hydrogen) atoms. The number of rotatable bonds is 7. The first-order chi connectivity index (χ1) is 33.5. The molecular formula is C60H44NO6P. The fourth-order valence-corrected chi connectivity index (χ4v) is 12.3. The first kappa shape index (κ1) is 40.3. The zero-order valence-electron chi connectivity index (χ0n) is 38.1. The average molecular weight is 906 g/mol. The van der Waals surface area contributed by atoms with Gasteiger partial charge in [-0.15, -0.1) is 0 Å². The first-order valence-electron chi connectivity index (χ1n) is 22.8. The van der Waals surface area contributed by atoms with Crippen molar-refractivity contribution in [3.63, 3.8) is 0 Å². The average Bonchev–Trinajstić information content (AvgIpc) is 3.54. The minimum Gasteiger partial charge on any atom is -0.496 e. The molecule has 0 fully saturated rings. The summed E-state index contributed by atoms with van der Waals surface area (Å²) < 4.78 is 40.5. The van der Waals surface area contributed by atoms with Crippen molar-refractivity contribution in [1.82, 2.24) is 0 Å². The molecule has 7 nitrogen and oxygen atoms in total. The zero-order valence-corrected chi connectivity index (χ0v) is 39.0. The molecule has 1 heterocycles. The van der Waals surface area contributed by atoms with Crippen LogP contribution in [0.25, 0.3) is 119 Å². The van der Waals surface area contributed by atoms with Gasteiger partial charge in [-0.25, -0.2) is 5.09 Å². The lowest BCUT2D eigenvalue weighted by Gasteiger charge is -2.17. The third kappa shape index (κ3) is 5.89. The van der Waals surface area contributed by atoms with Crippen LogP contribution in [0.1, 0.15) is 18.5 Å². The highest BCUT2D eigenvalue weighted by atomic mass is 31.1. The highest BCUT2D eigenvalue weighted by Crippen LogP contribution is 2.52. The Hall–Kier alpha value is -7.96. The van der Waals surface area contributed by atoms with E-state index in [1.807, 2.05) is 0 Å². The summed E-state index contributed by atoms with van der Waals surface area (Å²) in [5.41, 5.74) is 2.48. The SMILES string of the molecule is COc1cc2c3cc(OC)c4cc(OC)c5ccc6ccc7ccccc7c6c5c4c3op(N[C@@H](C)c3cccc4ccccc34)oc2c2c1cc(OC)c1ccc3ccc4ccccc4c3c12. The summed E-state index contributed by atoms with van der Waals surface area (Å²) in [7, 11) is 4.96.